The summed E-state index contributed by atoms with van der Waals surface area (Å²) in [5, 5.41) is 6.26. The zero-order valence-electron chi connectivity index (χ0n) is 11.0. The molecule has 1 N–H and O–H groups in total. The average Bonchev–Trinajstić information content (AvgIpc) is 2.75. The highest BCUT2D eigenvalue weighted by molar-refractivity contribution is 7.09. The normalized spacial score (nSPS) is 10.9. The van der Waals surface area contributed by atoms with E-state index in [0.29, 0.717) is 0 Å². The Bertz CT molecular complexity index is 492. The van der Waals surface area contributed by atoms with Crippen molar-refractivity contribution in [3.8, 4) is 0 Å². The average molecular weight is 262 g/mol. The minimum atomic E-state index is 0.873. The van der Waals surface area contributed by atoms with Crippen molar-refractivity contribution in [3.05, 3.63) is 40.0 Å². The number of pyridine rings is 1. The molecule has 0 aliphatic heterocycles. The van der Waals surface area contributed by atoms with E-state index in [2.05, 4.69) is 38.7 Å². The van der Waals surface area contributed by atoms with Gasteiger partial charge in [-0.2, -0.15) is 0 Å². The Kier molecular flexibility index (Phi) is 4.28. The largest absolute Gasteiger partial charge is 0.373 e. The van der Waals surface area contributed by atoms with E-state index in [1.165, 1.54) is 5.56 Å². The van der Waals surface area contributed by atoms with Crippen LogP contribution in [0.25, 0.3) is 0 Å². The van der Waals surface area contributed by atoms with Gasteiger partial charge in [-0.05, 0) is 25.6 Å². The maximum atomic E-state index is 4.47. The smallest absolute Gasteiger partial charge is 0.125 e. The summed E-state index contributed by atoms with van der Waals surface area (Å²) >= 11 is 1.70. The third kappa shape index (κ3) is 3.51. The van der Waals surface area contributed by atoms with Gasteiger partial charge < -0.3 is 5.32 Å². The van der Waals surface area contributed by atoms with Gasteiger partial charge in [-0.15, -0.1) is 11.3 Å². The summed E-state index contributed by atoms with van der Waals surface area (Å²) in [4.78, 5) is 11.0. The van der Waals surface area contributed by atoms with E-state index in [1.807, 2.05) is 26.2 Å². The van der Waals surface area contributed by atoms with Gasteiger partial charge in [0.2, 0.25) is 0 Å². The number of aromatic nitrogens is 2. The Labute approximate surface area is 112 Å². The predicted molar refractivity (Wildman–Crippen MR) is 75.8 cm³/mol. The van der Waals surface area contributed by atoms with Crippen molar-refractivity contribution in [1.82, 2.24) is 14.9 Å². The summed E-state index contributed by atoms with van der Waals surface area (Å²) in [6.45, 7) is 3.79. The second-order valence-corrected chi connectivity index (χ2v) is 5.39. The van der Waals surface area contributed by atoms with E-state index in [-0.39, 0.29) is 0 Å². The molecule has 0 spiro atoms. The summed E-state index contributed by atoms with van der Waals surface area (Å²) in [5.74, 6) is 0.900. The molecule has 2 rings (SSSR count). The quantitative estimate of drug-likeness (QED) is 0.899. The minimum absolute atomic E-state index is 0.873. The van der Waals surface area contributed by atoms with E-state index < -0.39 is 0 Å². The van der Waals surface area contributed by atoms with Gasteiger partial charge in [0.15, 0.2) is 0 Å². The topological polar surface area (TPSA) is 41.0 Å². The zero-order valence-corrected chi connectivity index (χ0v) is 11.8. The van der Waals surface area contributed by atoms with Crippen LogP contribution in [0, 0.1) is 6.92 Å². The van der Waals surface area contributed by atoms with E-state index in [4.69, 9.17) is 0 Å². The number of anilines is 1. The number of nitrogens with one attached hydrogen (secondary N) is 1. The fraction of sp³-hybridized carbons (Fsp3) is 0.385. The fourth-order valence-electron chi connectivity index (χ4n) is 1.79. The molecule has 18 heavy (non-hydrogen) atoms. The van der Waals surface area contributed by atoms with E-state index in [9.17, 15) is 0 Å². The fourth-order valence-corrected chi connectivity index (χ4v) is 2.39. The third-order valence-corrected chi connectivity index (χ3v) is 3.45. The van der Waals surface area contributed by atoms with Gasteiger partial charge in [0.25, 0.3) is 0 Å². The first-order chi connectivity index (χ1) is 8.67. The van der Waals surface area contributed by atoms with Gasteiger partial charge in [-0.3, -0.25) is 4.90 Å². The Morgan fingerprint density at radius 3 is 2.72 bits per heavy atom. The molecule has 0 fully saturated rings. The highest BCUT2D eigenvalue weighted by Crippen LogP contribution is 2.12. The van der Waals surface area contributed by atoms with Crippen LogP contribution < -0.4 is 5.32 Å². The lowest BCUT2D eigenvalue weighted by Gasteiger charge is -2.15. The predicted octanol–water partition coefficient (Wildman–Crippen LogP) is 2.52. The molecule has 0 bridgehead atoms. The van der Waals surface area contributed by atoms with Crippen molar-refractivity contribution in [2.75, 3.05) is 19.4 Å². The minimum Gasteiger partial charge on any atom is -0.373 e. The van der Waals surface area contributed by atoms with Crippen molar-refractivity contribution < 1.29 is 0 Å². The maximum absolute atomic E-state index is 4.47. The molecular formula is C13H18N4S. The van der Waals surface area contributed by atoms with Crippen molar-refractivity contribution >= 4 is 17.2 Å². The molecule has 2 aromatic rings. The van der Waals surface area contributed by atoms with Gasteiger partial charge in [0.1, 0.15) is 5.82 Å². The van der Waals surface area contributed by atoms with E-state index in [0.717, 1.165) is 29.6 Å². The lowest BCUT2D eigenvalue weighted by Crippen LogP contribution is -2.17. The van der Waals surface area contributed by atoms with Crippen LogP contribution in [0.2, 0.25) is 0 Å². The molecule has 4 nitrogen and oxygen atoms in total. The molecule has 0 radical (unpaired) electrons. The molecular weight excluding hydrogens is 244 g/mol. The van der Waals surface area contributed by atoms with Gasteiger partial charge >= 0.3 is 0 Å². The van der Waals surface area contributed by atoms with Crippen molar-refractivity contribution in [3.63, 3.8) is 0 Å². The summed E-state index contributed by atoms with van der Waals surface area (Å²) in [5.41, 5.74) is 2.35. The molecule has 0 amide bonds. The highest BCUT2D eigenvalue weighted by Gasteiger charge is 2.05. The van der Waals surface area contributed by atoms with Crippen LogP contribution >= 0.6 is 11.3 Å². The van der Waals surface area contributed by atoms with Crippen molar-refractivity contribution in [2.45, 2.75) is 20.0 Å². The van der Waals surface area contributed by atoms with Gasteiger partial charge in [-0.1, -0.05) is 6.07 Å². The summed E-state index contributed by atoms with van der Waals surface area (Å²) in [6.07, 6.45) is 1.91. The standard InChI is InChI=1S/C13H18N4S/c1-10-16-12(9-18-10)8-17(3)7-11-4-5-13(14-2)15-6-11/h4-6,9H,7-8H2,1-3H3,(H,14,15). The summed E-state index contributed by atoms with van der Waals surface area (Å²) in [7, 11) is 3.97. The molecule has 0 saturated carbocycles. The molecule has 0 aliphatic rings. The van der Waals surface area contributed by atoms with Gasteiger partial charge in [0.05, 0.1) is 10.7 Å². The SMILES string of the molecule is CNc1ccc(CN(C)Cc2csc(C)n2)cn1. The molecule has 0 aromatic carbocycles. The van der Waals surface area contributed by atoms with Crippen molar-refractivity contribution in [2.24, 2.45) is 0 Å². The van der Waals surface area contributed by atoms with Crippen LogP contribution in [0.4, 0.5) is 5.82 Å². The van der Waals surface area contributed by atoms with Crippen LogP contribution in [-0.4, -0.2) is 29.0 Å². The summed E-state index contributed by atoms with van der Waals surface area (Å²) < 4.78 is 0. The van der Waals surface area contributed by atoms with Crippen molar-refractivity contribution in [1.29, 1.82) is 0 Å². The molecule has 0 atom stereocenters. The first kappa shape index (κ1) is 13.0. The number of aryl methyl sites for hydroxylation is 1. The number of nitrogens with zero attached hydrogens (tertiary/aromatic N) is 3. The third-order valence-electron chi connectivity index (χ3n) is 2.63. The lowest BCUT2D eigenvalue weighted by atomic mass is 10.2. The molecule has 0 aliphatic carbocycles. The number of hydrogen-bond acceptors (Lipinski definition) is 5. The van der Waals surface area contributed by atoms with Crippen LogP contribution in [0.15, 0.2) is 23.7 Å². The molecule has 2 aromatic heterocycles. The molecule has 96 valence electrons. The molecule has 0 unspecified atom stereocenters. The van der Waals surface area contributed by atoms with Gasteiger partial charge in [-0.25, -0.2) is 9.97 Å². The van der Waals surface area contributed by atoms with Crippen LogP contribution in [0.1, 0.15) is 16.3 Å². The number of hydrogen-bond donors (Lipinski definition) is 1. The van der Waals surface area contributed by atoms with E-state index >= 15 is 0 Å². The second kappa shape index (κ2) is 5.93. The van der Waals surface area contributed by atoms with Crippen LogP contribution in [0.3, 0.4) is 0 Å². The van der Waals surface area contributed by atoms with Crippen LogP contribution in [0.5, 0.6) is 0 Å². The molecule has 0 saturated heterocycles. The number of thiazole rings is 1. The first-order valence-corrected chi connectivity index (χ1v) is 6.77. The Hall–Kier alpha value is -1.46. The van der Waals surface area contributed by atoms with Crippen LogP contribution in [-0.2, 0) is 13.1 Å². The zero-order chi connectivity index (χ0) is 13.0. The lowest BCUT2D eigenvalue weighted by molar-refractivity contribution is 0.315. The second-order valence-electron chi connectivity index (χ2n) is 4.33. The highest BCUT2D eigenvalue weighted by atomic mass is 32.1. The number of rotatable bonds is 5. The Balaban J connectivity index is 1.91. The maximum Gasteiger partial charge on any atom is 0.125 e. The summed E-state index contributed by atoms with van der Waals surface area (Å²) in [6, 6.07) is 4.10. The van der Waals surface area contributed by atoms with Gasteiger partial charge in [0, 0.05) is 31.7 Å². The Morgan fingerprint density at radius 2 is 2.17 bits per heavy atom. The monoisotopic (exact) mass is 262 g/mol. The molecule has 2 heterocycles. The Morgan fingerprint density at radius 1 is 1.33 bits per heavy atom. The molecule has 5 heteroatoms. The van der Waals surface area contributed by atoms with E-state index in [1.54, 1.807) is 11.3 Å². The first-order valence-electron chi connectivity index (χ1n) is 5.89.